The predicted octanol–water partition coefficient (Wildman–Crippen LogP) is 5.73. The highest BCUT2D eigenvalue weighted by Crippen LogP contribution is 2.48. The Morgan fingerprint density at radius 1 is 1.26 bits per heavy atom. The maximum atomic E-state index is 11.9. The van der Waals surface area contributed by atoms with Crippen molar-refractivity contribution in [2.75, 3.05) is 5.32 Å². The van der Waals surface area contributed by atoms with E-state index in [1.165, 1.54) is 0 Å². The number of halogens is 1. The molecule has 1 aliphatic carbocycles. The molecule has 2 aromatic heterocycles. The second-order valence-corrected chi connectivity index (χ2v) is 8.36. The highest BCUT2D eigenvalue weighted by Gasteiger charge is 2.36. The first-order chi connectivity index (χ1) is 13.0. The van der Waals surface area contributed by atoms with Crippen molar-refractivity contribution in [3.05, 3.63) is 65.1 Å². The summed E-state index contributed by atoms with van der Waals surface area (Å²) in [7, 11) is 0. The molecule has 1 unspecified atom stereocenters. The van der Waals surface area contributed by atoms with Crippen LogP contribution in [0.15, 0.2) is 48.8 Å². The first-order valence-electron chi connectivity index (χ1n) is 9.10. The van der Waals surface area contributed by atoms with Crippen LogP contribution in [-0.2, 0) is 11.2 Å². The third-order valence-corrected chi connectivity index (χ3v) is 5.38. The minimum absolute atomic E-state index is 0.0757. The lowest BCUT2D eigenvalue weighted by Crippen LogP contribution is -2.26. The van der Waals surface area contributed by atoms with Crippen molar-refractivity contribution in [3.8, 4) is 11.3 Å². The van der Waals surface area contributed by atoms with Crippen molar-refractivity contribution in [3.63, 3.8) is 0 Å². The van der Waals surface area contributed by atoms with Gasteiger partial charge in [-0.3, -0.25) is 4.98 Å². The topological polar surface area (TPSA) is 57.8 Å². The summed E-state index contributed by atoms with van der Waals surface area (Å²) in [6.45, 7) is 4.42. The number of nitrogens with one attached hydrogen (secondary N) is 2. The zero-order chi connectivity index (χ0) is 19.0. The van der Waals surface area contributed by atoms with Gasteiger partial charge >= 0.3 is 0 Å². The zero-order valence-electron chi connectivity index (χ0n) is 15.4. The van der Waals surface area contributed by atoms with Crippen LogP contribution < -0.4 is 5.32 Å². The maximum Gasteiger partial charge on any atom is 0.127 e. The Balaban J connectivity index is 1.89. The Hall–Kier alpha value is -2.59. The number of carbonyl (C=O) groups excluding carboxylic acids is 1. The second-order valence-electron chi connectivity index (χ2n) is 7.93. The molecule has 138 valence electrons. The molecule has 0 spiro atoms. The fraction of sp³-hybridized carbons (Fsp3) is 0.273. The summed E-state index contributed by atoms with van der Waals surface area (Å²) >= 11 is 6.17. The van der Waals surface area contributed by atoms with Crippen LogP contribution in [0.2, 0.25) is 5.02 Å². The van der Waals surface area contributed by atoms with E-state index in [0.717, 1.165) is 53.0 Å². The smallest absolute Gasteiger partial charge is 0.127 e. The molecule has 4 rings (SSSR count). The summed E-state index contributed by atoms with van der Waals surface area (Å²) in [4.78, 5) is 19.7. The molecule has 27 heavy (non-hydrogen) atoms. The van der Waals surface area contributed by atoms with Gasteiger partial charge in [-0.1, -0.05) is 31.5 Å². The first kappa shape index (κ1) is 17.8. The van der Waals surface area contributed by atoms with Gasteiger partial charge in [-0.05, 0) is 48.6 Å². The number of rotatable bonds is 4. The summed E-state index contributed by atoms with van der Waals surface area (Å²) in [5.41, 5.74) is 6.13. The molecule has 3 aromatic rings. The molecule has 0 radical (unpaired) electrons. The van der Waals surface area contributed by atoms with Crippen LogP contribution in [0.5, 0.6) is 0 Å². The largest absolute Gasteiger partial charge is 0.356 e. The molecule has 0 aliphatic heterocycles. The summed E-state index contributed by atoms with van der Waals surface area (Å²) < 4.78 is 0. The molecule has 1 aromatic carbocycles. The van der Waals surface area contributed by atoms with Gasteiger partial charge in [-0.15, -0.1) is 0 Å². The summed E-state index contributed by atoms with van der Waals surface area (Å²) in [6, 6.07) is 11.6. The molecule has 2 heterocycles. The lowest BCUT2D eigenvalue weighted by Gasteiger charge is -2.33. The van der Waals surface area contributed by atoms with Crippen LogP contribution in [-0.4, -0.2) is 16.3 Å². The zero-order valence-corrected chi connectivity index (χ0v) is 16.2. The molecular formula is C22H22ClN3O. The third kappa shape index (κ3) is 3.50. The van der Waals surface area contributed by atoms with Crippen LogP contribution in [0.4, 0.5) is 11.4 Å². The van der Waals surface area contributed by atoms with Crippen molar-refractivity contribution in [2.24, 2.45) is 5.41 Å². The molecule has 4 nitrogen and oxygen atoms in total. The Kier molecular flexibility index (Phi) is 4.52. The Labute approximate surface area is 164 Å². The van der Waals surface area contributed by atoms with Crippen LogP contribution in [0.25, 0.3) is 11.3 Å². The van der Waals surface area contributed by atoms with Gasteiger partial charge < -0.3 is 15.1 Å². The minimum atomic E-state index is -0.141. The SMILES string of the molecule is CC1(C)Cc2[nH]c(-c3ccncc3)c(Nc3cccc(Cl)c3)c2C(C=O)C1. The summed E-state index contributed by atoms with van der Waals surface area (Å²) in [5.74, 6) is -0.141. The summed E-state index contributed by atoms with van der Waals surface area (Å²) in [6.07, 6.45) is 6.37. The van der Waals surface area contributed by atoms with Crippen molar-refractivity contribution in [1.82, 2.24) is 9.97 Å². The minimum Gasteiger partial charge on any atom is -0.356 e. The highest BCUT2D eigenvalue weighted by molar-refractivity contribution is 6.30. The van der Waals surface area contributed by atoms with Gasteiger partial charge in [0, 0.05) is 45.8 Å². The number of aromatic nitrogens is 2. The molecule has 1 atom stereocenters. The Morgan fingerprint density at radius 3 is 2.74 bits per heavy atom. The molecular weight excluding hydrogens is 358 g/mol. The molecule has 0 saturated heterocycles. The normalized spacial score (nSPS) is 18.0. The van der Waals surface area contributed by atoms with Crippen molar-refractivity contribution in [2.45, 2.75) is 32.6 Å². The van der Waals surface area contributed by atoms with Gasteiger partial charge in [0.2, 0.25) is 0 Å². The molecule has 0 bridgehead atoms. The number of hydrogen-bond acceptors (Lipinski definition) is 3. The monoisotopic (exact) mass is 379 g/mol. The Bertz CT molecular complexity index is 978. The van der Waals surface area contributed by atoms with E-state index in [0.29, 0.717) is 5.02 Å². The van der Waals surface area contributed by atoms with Crippen molar-refractivity contribution >= 4 is 29.3 Å². The standard InChI is InChI=1S/C22H22ClN3O/c1-22(2)11-15(13-27)19-18(12-22)26-20(14-6-8-24-9-7-14)21(19)25-17-5-3-4-16(23)10-17/h3-10,13,15,25-26H,11-12H2,1-2H3. The van der Waals surface area contributed by atoms with E-state index < -0.39 is 0 Å². The summed E-state index contributed by atoms with van der Waals surface area (Å²) in [5, 5.41) is 4.19. The van der Waals surface area contributed by atoms with E-state index in [-0.39, 0.29) is 11.3 Å². The molecule has 1 aliphatic rings. The number of carbonyl (C=O) groups is 1. The first-order valence-corrected chi connectivity index (χ1v) is 9.48. The van der Waals surface area contributed by atoms with Gasteiger partial charge in [-0.25, -0.2) is 0 Å². The quantitative estimate of drug-likeness (QED) is 0.569. The van der Waals surface area contributed by atoms with Crippen LogP contribution >= 0.6 is 11.6 Å². The lowest BCUT2D eigenvalue weighted by atomic mass is 9.71. The average molecular weight is 380 g/mol. The number of aromatic amines is 1. The van der Waals surface area contributed by atoms with Crippen LogP contribution in [0.1, 0.15) is 37.4 Å². The number of anilines is 2. The van der Waals surface area contributed by atoms with Crippen LogP contribution in [0.3, 0.4) is 0 Å². The number of fused-ring (bicyclic) bond motifs is 1. The lowest BCUT2D eigenvalue weighted by molar-refractivity contribution is -0.109. The molecule has 0 amide bonds. The molecule has 0 fully saturated rings. The van der Waals surface area contributed by atoms with Gasteiger partial charge in [0.25, 0.3) is 0 Å². The molecule has 5 heteroatoms. The van der Waals surface area contributed by atoms with Gasteiger partial charge in [0.15, 0.2) is 0 Å². The van der Waals surface area contributed by atoms with Gasteiger partial charge in [-0.2, -0.15) is 0 Å². The number of benzene rings is 1. The van der Waals surface area contributed by atoms with Gasteiger partial charge in [0.05, 0.1) is 11.4 Å². The number of nitrogens with zero attached hydrogens (tertiary/aromatic N) is 1. The number of pyridine rings is 1. The number of hydrogen-bond donors (Lipinski definition) is 2. The second kappa shape index (κ2) is 6.86. The predicted molar refractivity (Wildman–Crippen MR) is 110 cm³/mol. The van der Waals surface area contributed by atoms with E-state index in [2.05, 4.69) is 29.1 Å². The molecule has 2 N–H and O–H groups in total. The van der Waals surface area contributed by atoms with E-state index in [1.807, 2.05) is 36.4 Å². The fourth-order valence-corrected chi connectivity index (χ4v) is 4.24. The Morgan fingerprint density at radius 2 is 2.04 bits per heavy atom. The highest BCUT2D eigenvalue weighted by atomic mass is 35.5. The van der Waals surface area contributed by atoms with Crippen molar-refractivity contribution in [1.29, 1.82) is 0 Å². The molecule has 0 saturated carbocycles. The van der Waals surface area contributed by atoms with E-state index in [4.69, 9.17) is 11.6 Å². The van der Waals surface area contributed by atoms with E-state index >= 15 is 0 Å². The average Bonchev–Trinajstić information content (AvgIpc) is 2.98. The number of aldehydes is 1. The van der Waals surface area contributed by atoms with Crippen molar-refractivity contribution < 1.29 is 4.79 Å². The van der Waals surface area contributed by atoms with Gasteiger partial charge in [0.1, 0.15) is 6.29 Å². The van der Waals surface area contributed by atoms with E-state index in [1.54, 1.807) is 12.4 Å². The van der Waals surface area contributed by atoms with Crippen LogP contribution in [0, 0.1) is 5.41 Å². The maximum absolute atomic E-state index is 11.9. The third-order valence-electron chi connectivity index (χ3n) is 5.15. The number of H-pyrrole nitrogens is 1. The fourth-order valence-electron chi connectivity index (χ4n) is 4.05. The van der Waals surface area contributed by atoms with E-state index in [9.17, 15) is 4.79 Å².